The molecule has 148 valence electrons. The summed E-state index contributed by atoms with van der Waals surface area (Å²) in [4.78, 5) is 26.7. The Morgan fingerprint density at radius 1 is 1.04 bits per heavy atom. The Morgan fingerprint density at radius 3 is 2.25 bits per heavy atom. The molecule has 2 aromatic carbocycles. The van der Waals surface area contributed by atoms with Gasteiger partial charge in [0.15, 0.2) is 0 Å². The number of carbonyl (C=O) groups excluding carboxylic acids is 2. The zero-order valence-electron chi connectivity index (χ0n) is 16.2. The van der Waals surface area contributed by atoms with Gasteiger partial charge in [0.05, 0.1) is 6.04 Å². The van der Waals surface area contributed by atoms with Gasteiger partial charge in [0.25, 0.3) is 5.91 Å². The highest BCUT2D eigenvalue weighted by atomic mass is 35.5. The molecule has 28 heavy (non-hydrogen) atoms. The fourth-order valence-corrected chi connectivity index (χ4v) is 3.41. The van der Waals surface area contributed by atoms with Gasteiger partial charge in [-0.25, -0.2) is 4.79 Å². The summed E-state index contributed by atoms with van der Waals surface area (Å²) >= 11 is 5.89. The van der Waals surface area contributed by atoms with Gasteiger partial charge in [-0.3, -0.25) is 4.79 Å². The Kier molecular flexibility index (Phi) is 6.57. The van der Waals surface area contributed by atoms with Gasteiger partial charge in [-0.2, -0.15) is 0 Å². The fraction of sp³-hybridized carbons (Fsp3) is 0.364. The highest BCUT2D eigenvalue weighted by molar-refractivity contribution is 6.30. The smallest absolute Gasteiger partial charge is 0.319 e. The third-order valence-corrected chi connectivity index (χ3v) is 5.43. The van der Waals surface area contributed by atoms with E-state index in [9.17, 15) is 9.59 Å². The van der Waals surface area contributed by atoms with Gasteiger partial charge in [-0.1, -0.05) is 30.7 Å². The maximum atomic E-state index is 12.6. The van der Waals surface area contributed by atoms with Crippen LogP contribution >= 0.6 is 11.6 Å². The Hall–Kier alpha value is -2.53. The van der Waals surface area contributed by atoms with Crippen molar-refractivity contribution in [3.05, 3.63) is 64.7 Å². The lowest BCUT2D eigenvalue weighted by Gasteiger charge is -2.30. The standard InChI is InChI=1S/C22H26ClN3O2/c1-15-11-13-26(14-12-15)21(27)18-5-9-20(10-6-18)25-22(28)24-16(2)17-3-7-19(23)8-4-17/h3-10,15-16H,11-14H2,1-2H3,(H2,24,25,28). The molecule has 5 nitrogen and oxygen atoms in total. The average Bonchev–Trinajstić information content (AvgIpc) is 2.69. The number of benzene rings is 2. The van der Waals surface area contributed by atoms with Crippen LogP contribution < -0.4 is 10.6 Å². The first-order valence-corrected chi connectivity index (χ1v) is 10.0. The summed E-state index contributed by atoms with van der Waals surface area (Å²) in [7, 11) is 0. The van der Waals surface area contributed by atoms with Crippen LogP contribution in [-0.4, -0.2) is 29.9 Å². The fourth-order valence-electron chi connectivity index (χ4n) is 3.29. The molecule has 1 saturated heterocycles. The Morgan fingerprint density at radius 2 is 1.64 bits per heavy atom. The van der Waals surface area contributed by atoms with Gasteiger partial charge in [-0.15, -0.1) is 0 Å². The van der Waals surface area contributed by atoms with Crippen LogP contribution in [0.5, 0.6) is 0 Å². The predicted octanol–water partition coefficient (Wildman–Crippen LogP) is 5.09. The summed E-state index contributed by atoms with van der Waals surface area (Å²) in [6.45, 7) is 5.75. The second-order valence-electron chi connectivity index (χ2n) is 7.42. The summed E-state index contributed by atoms with van der Waals surface area (Å²) in [6.07, 6.45) is 2.11. The number of hydrogen-bond acceptors (Lipinski definition) is 2. The molecular weight excluding hydrogens is 374 g/mol. The van der Waals surface area contributed by atoms with Gasteiger partial charge in [-0.05, 0) is 67.6 Å². The van der Waals surface area contributed by atoms with Crippen LogP contribution in [0.1, 0.15) is 48.7 Å². The minimum Gasteiger partial charge on any atom is -0.339 e. The summed E-state index contributed by atoms with van der Waals surface area (Å²) < 4.78 is 0. The van der Waals surface area contributed by atoms with E-state index in [0.29, 0.717) is 22.2 Å². The van der Waals surface area contributed by atoms with Crippen LogP contribution in [0.3, 0.4) is 0 Å². The van der Waals surface area contributed by atoms with E-state index in [0.717, 1.165) is 31.5 Å². The van der Waals surface area contributed by atoms with Gasteiger partial charge in [0, 0.05) is 29.4 Å². The minimum atomic E-state index is -0.299. The van der Waals surface area contributed by atoms with Crippen LogP contribution in [-0.2, 0) is 0 Å². The molecule has 6 heteroatoms. The molecule has 3 amide bonds. The molecule has 2 N–H and O–H groups in total. The number of rotatable bonds is 4. The summed E-state index contributed by atoms with van der Waals surface area (Å²) in [6, 6.07) is 13.9. The molecule has 0 spiro atoms. The molecule has 0 saturated carbocycles. The van der Waals surface area contributed by atoms with Crippen molar-refractivity contribution in [1.82, 2.24) is 10.2 Å². The number of piperidine rings is 1. The number of halogens is 1. The molecule has 1 aliphatic heterocycles. The highest BCUT2D eigenvalue weighted by Crippen LogP contribution is 2.20. The van der Waals surface area contributed by atoms with E-state index in [1.165, 1.54) is 0 Å². The van der Waals surface area contributed by atoms with E-state index in [-0.39, 0.29) is 18.0 Å². The first-order chi connectivity index (χ1) is 13.4. The zero-order valence-corrected chi connectivity index (χ0v) is 17.0. The first-order valence-electron chi connectivity index (χ1n) is 9.64. The molecule has 3 rings (SSSR count). The van der Waals surface area contributed by atoms with Crippen molar-refractivity contribution in [1.29, 1.82) is 0 Å². The summed E-state index contributed by atoms with van der Waals surface area (Å²) in [5.74, 6) is 0.740. The number of likely N-dealkylation sites (tertiary alicyclic amines) is 1. The van der Waals surface area contributed by atoms with Crippen molar-refractivity contribution in [3.8, 4) is 0 Å². The van der Waals surface area contributed by atoms with Crippen molar-refractivity contribution >= 4 is 29.2 Å². The second-order valence-corrected chi connectivity index (χ2v) is 7.86. The lowest BCUT2D eigenvalue weighted by Crippen LogP contribution is -2.37. The van der Waals surface area contributed by atoms with Crippen LogP contribution in [0.15, 0.2) is 48.5 Å². The number of anilines is 1. The van der Waals surface area contributed by atoms with Gasteiger partial charge < -0.3 is 15.5 Å². The third kappa shape index (κ3) is 5.26. The van der Waals surface area contributed by atoms with Crippen molar-refractivity contribution in [2.75, 3.05) is 18.4 Å². The number of nitrogens with one attached hydrogen (secondary N) is 2. The molecule has 0 bridgehead atoms. The van der Waals surface area contributed by atoms with E-state index in [1.54, 1.807) is 36.4 Å². The first kappa shape index (κ1) is 20.2. The largest absolute Gasteiger partial charge is 0.339 e. The molecular formula is C22H26ClN3O2. The van der Waals surface area contributed by atoms with Crippen molar-refractivity contribution in [3.63, 3.8) is 0 Å². The number of amides is 3. The van der Waals surface area contributed by atoms with Crippen LogP contribution in [0.25, 0.3) is 0 Å². The number of nitrogens with zero attached hydrogens (tertiary/aromatic N) is 1. The van der Waals surface area contributed by atoms with Crippen LogP contribution in [0.2, 0.25) is 5.02 Å². The minimum absolute atomic E-state index is 0.0549. The number of urea groups is 1. The molecule has 2 aromatic rings. The molecule has 0 aliphatic carbocycles. The quantitative estimate of drug-likeness (QED) is 0.751. The molecule has 1 fully saturated rings. The van der Waals surface area contributed by atoms with Crippen molar-refractivity contribution < 1.29 is 9.59 Å². The Bertz CT molecular complexity index is 813. The maximum Gasteiger partial charge on any atom is 0.319 e. The van der Waals surface area contributed by atoms with Crippen molar-refractivity contribution in [2.24, 2.45) is 5.92 Å². The lowest BCUT2D eigenvalue weighted by atomic mass is 9.98. The van der Waals surface area contributed by atoms with E-state index < -0.39 is 0 Å². The van der Waals surface area contributed by atoms with Gasteiger partial charge >= 0.3 is 6.03 Å². The van der Waals surface area contributed by atoms with Gasteiger partial charge in [0.2, 0.25) is 0 Å². The summed E-state index contributed by atoms with van der Waals surface area (Å²) in [5, 5.41) is 6.35. The van der Waals surface area contributed by atoms with E-state index in [1.807, 2.05) is 24.0 Å². The molecule has 1 unspecified atom stereocenters. The Labute approximate surface area is 171 Å². The number of hydrogen-bond donors (Lipinski definition) is 2. The molecule has 1 atom stereocenters. The lowest BCUT2D eigenvalue weighted by molar-refractivity contribution is 0.0697. The Balaban J connectivity index is 1.54. The van der Waals surface area contributed by atoms with Crippen LogP contribution in [0, 0.1) is 5.92 Å². The molecule has 1 aliphatic rings. The zero-order chi connectivity index (χ0) is 20.1. The van der Waals surface area contributed by atoms with E-state index in [2.05, 4.69) is 17.6 Å². The highest BCUT2D eigenvalue weighted by Gasteiger charge is 2.21. The average molecular weight is 400 g/mol. The topological polar surface area (TPSA) is 61.4 Å². The normalized spacial score (nSPS) is 15.8. The van der Waals surface area contributed by atoms with E-state index in [4.69, 9.17) is 11.6 Å². The molecule has 0 aromatic heterocycles. The predicted molar refractivity (Wildman–Crippen MR) is 113 cm³/mol. The second kappa shape index (κ2) is 9.11. The van der Waals surface area contributed by atoms with Gasteiger partial charge in [0.1, 0.15) is 0 Å². The number of carbonyl (C=O) groups is 2. The van der Waals surface area contributed by atoms with Crippen molar-refractivity contribution in [2.45, 2.75) is 32.7 Å². The monoisotopic (exact) mass is 399 g/mol. The molecule has 0 radical (unpaired) electrons. The summed E-state index contributed by atoms with van der Waals surface area (Å²) in [5.41, 5.74) is 2.26. The molecule has 1 heterocycles. The SMILES string of the molecule is CC1CCN(C(=O)c2ccc(NC(=O)NC(C)c3ccc(Cl)cc3)cc2)CC1. The third-order valence-electron chi connectivity index (χ3n) is 5.18. The maximum absolute atomic E-state index is 12.6. The van der Waals surface area contributed by atoms with E-state index >= 15 is 0 Å². The van der Waals surface area contributed by atoms with Crippen LogP contribution in [0.4, 0.5) is 10.5 Å².